The number of alkyl halides is 1. The Labute approximate surface area is 104 Å². The summed E-state index contributed by atoms with van der Waals surface area (Å²) in [7, 11) is -2.10. The summed E-state index contributed by atoms with van der Waals surface area (Å²) in [5, 5.41) is -0.566. The number of esters is 1. The molecule has 4 unspecified atom stereocenters. The molecular weight excluding hydrogens is 272 g/mol. The second-order valence-corrected chi connectivity index (χ2v) is 6.20. The zero-order valence-electron chi connectivity index (χ0n) is 9.17. The first-order chi connectivity index (χ1) is 7.97. The van der Waals surface area contributed by atoms with Crippen LogP contribution in [0.5, 0.6) is 0 Å². The number of carbonyl (C=O) groups excluding carboxylic acids is 1. The van der Waals surface area contributed by atoms with Crippen molar-refractivity contribution >= 4 is 27.7 Å². The molecule has 0 radical (unpaired) electrons. The average Bonchev–Trinajstić information content (AvgIpc) is 2.53. The second kappa shape index (κ2) is 4.72. The molecule has 2 bridgehead atoms. The van der Waals surface area contributed by atoms with E-state index in [1.54, 1.807) is 0 Å². The summed E-state index contributed by atoms with van der Waals surface area (Å²) in [5.74, 6) is -0.888. The van der Waals surface area contributed by atoms with Crippen molar-refractivity contribution in [2.24, 2.45) is 0 Å². The van der Waals surface area contributed by atoms with Gasteiger partial charge in [-0.3, -0.25) is 8.98 Å². The standard InChI is InChI=1S/C9H13ClO6S/c1-14-6-2-5-3-7(16-17(5,12)13)9(6)15-8(11)4-10/h5-7,9H,2-4H2,1H3. The summed E-state index contributed by atoms with van der Waals surface area (Å²) >= 11 is 5.35. The van der Waals surface area contributed by atoms with Crippen molar-refractivity contribution in [1.29, 1.82) is 0 Å². The smallest absolute Gasteiger partial charge is 0.321 e. The van der Waals surface area contributed by atoms with E-state index >= 15 is 0 Å². The summed E-state index contributed by atoms with van der Waals surface area (Å²) in [4.78, 5) is 11.2. The average molecular weight is 285 g/mol. The van der Waals surface area contributed by atoms with E-state index in [0.717, 1.165) is 0 Å². The van der Waals surface area contributed by atoms with Gasteiger partial charge in [-0.25, -0.2) is 0 Å². The van der Waals surface area contributed by atoms with Crippen LogP contribution in [0.3, 0.4) is 0 Å². The number of halogens is 1. The van der Waals surface area contributed by atoms with Crippen LogP contribution in [0.4, 0.5) is 0 Å². The molecule has 2 rings (SSSR count). The van der Waals surface area contributed by atoms with Crippen LogP contribution in [-0.4, -0.2) is 50.9 Å². The van der Waals surface area contributed by atoms with Crippen LogP contribution in [-0.2, 0) is 28.6 Å². The van der Waals surface area contributed by atoms with Crippen molar-refractivity contribution in [3.05, 3.63) is 0 Å². The number of carbonyl (C=O) groups is 1. The summed E-state index contributed by atoms with van der Waals surface area (Å²) in [6, 6.07) is 0. The van der Waals surface area contributed by atoms with Gasteiger partial charge in [0.25, 0.3) is 10.1 Å². The van der Waals surface area contributed by atoms with Crippen molar-refractivity contribution in [3.8, 4) is 0 Å². The zero-order chi connectivity index (χ0) is 12.6. The molecule has 1 heterocycles. The van der Waals surface area contributed by atoms with E-state index in [4.69, 9.17) is 25.3 Å². The molecule has 17 heavy (non-hydrogen) atoms. The van der Waals surface area contributed by atoms with Crippen LogP contribution >= 0.6 is 11.6 Å². The molecule has 0 aromatic carbocycles. The fraction of sp³-hybridized carbons (Fsp3) is 0.889. The molecule has 1 saturated heterocycles. The molecule has 8 heteroatoms. The van der Waals surface area contributed by atoms with Gasteiger partial charge < -0.3 is 9.47 Å². The van der Waals surface area contributed by atoms with Crippen LogP contribution in [0.2, 0.25) is 0 Å². The molecule has 2 aliphatic rings. The summed E-state index contributed by atoms with van der Waals surface area (Å²) < 4.78 is 38.3. The minimum atomic E-state index is -3.55. The third-order valence-electron chi connectivity index (χ3n) is 3.07. The Hall–Kier alpha value is -0.370. The molecule has 0 aromatic heterocycles. The van der Waals surface area contributed by atoms with Gasteiger partial charge in [-0.15, -0.1) is 11.6 Å². The lowest BCUT2D eigenvalue weighted by Crippen LogP contribution is -2.46. The van der Waals surface area contributed by atoms with E-state index in [1.165, 1.54) is 7.11 Å². The first-order valence-electron chi connectivity index (χ1n) is 5.18. The molecular formula is C9H13ClO6S. The quantitative estimate of drug-likeness (QED) is 0.414. The van der Waals surface area contributed by atoms with Crippen LogP contribution < -0.4 is 0 Å². The molecule has 98 valence electrons. The largest absolute Gasteiger partial charge is 0.456 e. The molecule has 0 aromatic rings. The second-order valence-electron chi connectivity index (χ2n) is 4.08. The van der Waals surface area contributed by atoms with Gasteiger partial charge in [0.15, 0.2) is 6.10 Å². The molecule has 0 amide bonds. The third kappa shape index (κ3) is 2.42. The number of hydrogen-bond acceptors (Lipinski definition) is 6. The van der Waals surface area contributed by atoms with E-state index < -0.39 is 39.6 Å². The van der Waals surface area contributed by atoms with Gasteiger partial charge >= 0.3 is 5.97 Å². The molecule has 2 fully saturated rings. The number of fused-ring (bicyclic) bond motifs is 2. The highest BCUT2D eigenvalue weighted by molar-refractivity contribution is 7.87. The minimum absolute atomic E-state index is 0.273. The molecule has 1 aliphatic heterocycles. The highest BCUT2D eigenvalue weighted by Gasteiger charge is 2.53. The fourth-order valence-corrected chi connectivity index (χ4v) is 3.87. The van der Waals surface area contributed by atoms with Crippen LogP contribution in [0, 0.1) is 0 Å². The van der Waals surface area contributed by atoms with Gasteiger partial charge in [-0.1, -0.05) is 0 Å². The SMILES string of the molecule is COC1CC2CC(OS2(=O)=O)C1OC(=O)CCl. The number of ether oxygens (including phenoxy) is 2. The highest BCUT2D eigenvalue weighted by atomic mass is 35.5. The monoisotopic (exact) mass is 284 g/mol. The summed E-state index contributed by atoms with van der Waals surface area (Å²) in [6.07, 6.45) is -1.23. The highest BCUT2D eigenvalue weighted by Crippen LogP contribution is 2.38. The lowest BCUT2D eigenvalue weighted by Gasteiger charge is -2.31. The maximum atomic E-state index is 11.6. The van der Waals surface area contributed by atoms with Crippen molar-refractivity contribution in [1.82, 2.24) is 0 Å². The Kier molecular flexibility index (Phi) is 3.63. The van der Waals surface area contributed by atoms with Gasteiger partial charge in [0.05, 0.1) is 11.4 Å². The van der Waals surface area contributed by atoms with E-state index in [9.17, 15) is 13.2 Å². The third-order valence-corrected chi connectivity index (χ3v) is 5.00. The van der Waals surface area contributed by atoms with Crippen molar-refractivity contribution in [2.75, 3.05) is 13.0 Å². The normalized spacial score (nSPS) is 38.9. The van der Waals surface area contributed by atoms with Gasteiger partial charge in [0.2, 0.25) is 0 Å². The lowest BCUT2D eigenvalue weighted by molar-refractivity contribution is -0.163. The summed E-state index contributed by atoms with van der Waals surface area (Å²) in [6.45, 7) is 0. The van der Waals surface area contributed by atoms with Gasteiger partial charge in [0.1, 0.15) is 12.0 Å². The Morgan fingerprint density at radius 1 is 1.47 bits per heavy atom. The first-order valence-corrected chi connectivity index (χ1v) is 7.19. The predicted octanol–water partition coefficient (Wildman–Crippen LogP) is 0.0430. The maximum Gasteiger partial charge on any atom is 0.321 e. The van der Waals surface area contributed by atoms with Gasteiger partial charge in [-0.2, -0.15) is 8.42 Å². The maximum absolute atomic E-state index is 11.6. The molecule has 1 saturated carbocycles. The number of hydrogen-bond donors (Lipinski definition) is 0. The zero-order valence-corrected chi connectivity index (χ0v) is 10.7. The minimum Gasteiger partial charge on any atom is -0.456 e. The predicted molar refractivity (Wildman–Crippen MR) is 58.2 cm³/mol. The Bertz CT molecular complexity index is 408. The topological polar surface area (TPSA) is 78.9 Å². The molecule has 4 atom stereocenters. The Morgan fingerprint density at radius 3 is 2.76 bits per heavy atom. The van der Waals surface area contributed by atoms with E-state index in [0.29, 0.717) is 6.42 Å². The molecule has 0 N–H and O–H groups in total. The molecule has 1 aliphatic carbocycles. The first kappa shape index (κ1) is 13.1. The van der Waals surface area contributed by atoms with Crippen molar-refractivity contribution in [2.45, 2.75) is 36.4 Å². The number of rotatable bonds is 3. The summed E-state index contributed by atoms with van der Waals surface area (Å²) in [5.41, 5.74) is 0. The molecule has 6 nitrogen and oxygen atoms in total. The van der Waals surface area contributed by atoms with E-state index in [2.05, 4.69) is 0 Å². The van der Waals surface area contributed by atoms with Crippen LogP contribution in [0.25, 0.3) is 0 Å². The van der Waals surface area contributed by atoms with Crippen LogP contribution in [0.15, 0.2) is 0 Å². The van der Waals surface area contributed by atoms with E-state index in [-0.39, 0.29) is 12.3 Å². The lowest BCUT2D eigenvalue weighted by atomic mass is 9.91. The number of methoxy groups -OCH3 is 1. The van der Waals surface area contributed by atoms with Crippen molar-refractivity contribution < 1.29 is 26.9 Å². The van der Waals surface area contributed by atoms with E-state index in [1.807, 2.05) is 0 Å². The molecule has 0 spiro atoms. The Balaban J connectivity index is 2.17. The van der Waals surface area contributed by atoms with Gasteiger partial charge in [0, 0.05) is 7.11 Å². The van der Waals surface area contributed by atoms with Crippen LogP contribution in [0.1, 0.15) is 12.8 Å². The van der Waals surface area contributed by atoms with Gasteiger partial charge in [-0.05, 0) is 12.8 Å². The Morgan fingerprint density at radius 2 is 2.18 bits per heavy atom. The van der Waals surface area contributed by atoms with Crippen molar-refractivity contribution in [3.63, 3.8) is 0 Å². The fourth-order valence-electron chi connectivity index (χ4n) is 2.27.